The molecule has 1 aromatic heterocycles. The number of nitrogens with two attached hydrogens (primary N) is 1. The molecule has 1 aromatic carbocycles. The smallest absolute Gasteiger partial charge is 0.380 e. The van der Waals surface area contributed by atoms with Crippen LogP contribution in [0.1, 0.15) is 56.1 Å². The molecule has 0 saturated heterocycles. The molecule has 2 aromatic rings. The molecule has 0 amide bonds. The molecule has 5 rings (SSSR count). The summed E-state index contributed by atoms with van der Waals surface area (Å²) in [6, 6.07) is 3.74. The van der Waals surface area contributed by atoms with E-state index in [0.717, 1.165) is 44.1 Å². The maximum atomic E-state index is 11.4. The van der Waals surface area contributed by atoms with E-state index >= 15 is 0 Å². The topological polar surface area (TPSA) is 122 Å². The highest BCUT2D eigenvalue weighted by molar-refractivity contribution is 7.84. The molecule has 0 bridgehead atoms. The third kappa shape index (κ3) is 3.51. The highest BCUT2D eigenvalue weighted by atomic mass is 32.2. The number of fused-ring (bicyclic) bond motifs is 5. The van der Waals surface area contributed by atoms with Gasteiger partial charge in [-0.15, -0.1) is 10.2 Å². The molecule has 3 aliphatic rings. The highest BCUT2D eigenvalue weighted by Gasteiger charge is 2.53. The van der Waals surface area contributed by atoms with Crippen molar-refractivity contribution in [3.8, 4) is 11.5 Å². The maximum Gasteiger partial charge on any atom is 0.380 e. The van der Waals surface area contributed by atoms with Crippen LogP contribution >= 0.6 is 0 Å². The zero-order valence-corrected chi connectivity index (χ0v) is 18.5. The fourth-order valence-electron chi connectivity index (χ4n) is 6.27. The third-order valence-corrected chi connectivity index (χ3v) is 8.01. The molecule has 0 radical (unpaired) electrons. The van der Waals surface area contributed by atoms with Crippen molar-refractivity contribution in [2.75, 3.05) is 7.11 Å². The second-order valence-corrected chi connectivity index (χ2v) is 10.2. The van der Waals surface area contributed by atoms with E-state index in [-0.39, 0.29) is 11.2 Å². The Balaban J connectivity index is 1.47. The molecule has 166 valence electrons. The van der Waals surface area contributed by atoms with Crippen molar-refractivity contribution in [1.29, 1.82) is 0 Å². The molecule has 10 heteroatoms. The average Bonchev–Trinajstić information content (AvgIpc) is 3.34. The predicted octanol–water partition coefficient (Wildman–Crippen LogP) is 2.63. The van der Waals surface area contributed by atoms with Crippen LogP contribution in [0, 0.1) is 17.3 Å². The normalized spacial score (nSPS) is 31.1. The summed E-state index contributed by atoms with van der Waals surface area (Å²) in [6.45, 7) is 2.36. The van der Waals surface area contributed by atoms with Crippen molar-refractivity contribution in [3.05, 3.63) is 35.9 Å². The second kappa shape index (κ2) is 7.30. The molecule has 2 fully saturated rings. The first-order chi connectivity index (χ1) is 14.8. The lowest BCUT2D eigenvalue weighted by Gasteiger charge is -2.49. The van der Waals surface area contributed by atoms with Gasteiger partial charge in [0.1, 0.15) is 12.7 Å². The lowest BCUT2D eigenvalue weighted by atomic mass is 9.55. The Bertz CT molecular complexity index is 1130. The van der Waals surface area contributed by atoms with Crippen LogP contribution in [0.2, 0.25) is 0 Å². The van der Waals surface area contributed by atoms with Gasteiger partial charge in [-0.2, -0.15) is 18.7 Å². The number of aryl methyl sites for hydroxylation is 1. The minimum Gasteiger partial charge on any atom is -0.493 e. The Morgan fingerprint density at radius 2 is 1.94 bits per heavy atom. The van der Waals surface area contributed by atoms with Gasteiger partial charge in [-0.3, -0.25) is 0 Å². The number of rotatable bonds is 4. The lowest BCUT2D eigenvalue weighted by molar-refractivity contribution is 0.0952. The predicted molar refractivity (Wildman–Crippen MR) is 114 cm³/mol. The summed E-state index contributed by atoms with van der Waals surface area (Å²) in [5, 5.41) is 17.6. The van der Waals surface area contributed by atoms with Crippen LogP contribution in [-0.4, -0.2) is 36.1 Å². The average molecular weight is 446 g/mol. The molecule has 3 aliphatic carbocycles. The number of ether oxygens (including phenoxy) is 1. The van der Waals surface area contributed by atoms with Gasteiger partial charge in [0, 0.05) is 11.1 Å². The molecule has 4 atom stereocenters. The van der Waals surface area contributed by atoms with Crippen LogP contribution in [0.5, 0.6) is 11.5 Å². The van der Waals surface area contributed by atoms with Crippen molar-refractivity contribution >= 4 is 16.0 Å². The van der Waals surface area contributed by atoms with Crippen molar-refractivity contribution in [2.24, 2.45) is 27.5 Å². The third-order valence-electron chi connectivity index (χ3n) is 7.60. The van der Waals surface area contributed by atoms with Crippen LogP contribution in [0.15, 0.2) is 29.9 Å². The number of aromatic nitrogens is 3. The van der Waals surface area contributed by atoms with Gasteiger partial charge in [0.15, 0.2) is 11.5 Å². The lowest BCUT2D eigenvalue weighted by Crippen LogP contribution is -2.42. The number of hydrogen-bond donors (Lipinski definition) is 1. The Kier molecular flexibility index (Phi) is 4.82. The number of benzene rings is 1. The molecule has 9 nitrogen and oxygen atoms in total. The van der Waals surface area contributed by atoms with Crippen molar-refractivity contribution in [3.63, 3.8) is 0 Å². The van der Waals surface area contributed by atoms with Crippen LogP contribution in [0.4, 0.5) is 0 Å². The quantitative estimate of drug-likeness (QED) is 0.772. The first-order valence-corrected chi connectivity index (χ1v) is 12.1. The van der Waals surface area contributed by atoms with Crippen LogP contribution in [0.25, 0.3) is 0 Å². The zero-order chi connectivity index (χ0) is 21.8. The standard InChI is InChI=1S/C21H27N5O4S/c1-21-8-7-14-15(17(21)5-6-20(21)25-26-11-23-24-12-26)4-3-13-9-19(30-31(22,27)28)18(29-2)10-16(13)14/h9-12,14-15,17H,3-8H2,1-2H3,(H2,22,27,28)/b25-20+/t14?,15?,17?,21-/m0/s1. The fourth-order valence-corrected chi connectivity index (χ4v) is 6.65. The summed E-state index contributed by atoms with van der Waals surface area (Å²) in [5.74, 6) is 2.12. The summed E-state index contributed by atoms with van der Waals surface area (Å²) in [5.41, 5.74) is 3.71. The molecule has 2 saturated carbocycles. The van der Waals surface area contributed by atoms with E-state index < -0.39 is 10.3 Å². The van der Waals surface area contributed by atoms with Crippen molar-refractivity contribution < 1.29 is 17.3 Å². The molecule has 0 spiro atoms. The molecule has 3 unspecified atom stereocenters. The van der Waals surface area contributed by atoms with Gasteiger partial charge in [0.05, 0.1) is 7.11 Å². The summed E-state index contributed by atoms with van der Waals surface area (Å²) >= 11 is 0. The summed E-state index contributed by atoms with van der Waals surface area (Å²) in [7, 11) is -2.60. The Labute approximate surface area is 181 Å². The fraction of sp³-hybridized carbons (Fsp3) is 0.571. The first kappa shape index (κ1) is 20.4. The van der Waals surface area contributed by atoms with Crippen LogP contribution in [-0.2, 0) is 16.7 Å². The highest BCUT2D eigenvalue weighted by Crippen LogP contribution is 2.60. The van der Waals surface area contributed by atoms with Crippen molar-refractivity contribution in [2.45, 2.75) is 51.4 Å². The molecule has 1 heterocycles. The Hall–Kier alpha value is -2.46. The van der Waals surface area contributed by atoms with Gasteiger partial charge in [0.2, 0.25) is 0 Å². The van der Waals surface area contributed by atoms with Crippen LogP contribution < -0.4 is 14.1 Å². The zero-order valence-electron chi connectivity index (χ0n) is 17.7. The van der Waals surface area contributed by atoms with E-state index in [1.54, 1.807) is 23.4 Å². The minimum absolute atomic E-state index is 0.0870. The van der Waals surface area contributed by atoms with E-state index in [2.05, 4.69) is 17.1 Å². The van der Waals surface area contributed by atoms with E-state index in [0.29, 0.717) is 23.5 Å². The SMILES string of the molecule is COc1cc2c(cc1OS(N)(=O)=O)CCC1C2CC[C@]2(C)/C(=N/n3cnnc3)CCC12. The minimum atomic E-state index is -4.11. The first-order valence-electron chi connectivity index (χ1n) is 10.6. The monoisotopic (exact) mass is 445 g/mol. The number of nitrogens with zero attached hydrogens (tertiary/aromatic N) is 4. The van der Waals surface area contributed by atoms with Gasteiger partial charge < -0.3 is 8.92 Å². The largest absolute Gasteiger partial charge is 0.493 e. The maximum absolute atomic E-state index is 11.4. The van der Waals surface area contributed by atoms with Gasteiger partial charge >= 0.3 is 10.3 Å². The van der Waals surface area contributed by atoms with E-state index in [9.17, 15) is 8.42 Å². The Morgan fingerprint density at radius 3 is 2.65 bits per heavy atom. The van der Waals surface area contributed by atoms with Crippen LogP contribution in [0.3, 0.4) is 0 Å². The molecular formula is C21H27N5O4S. The Morgan fingerprint density at radius 1 is 1.16 bits per heavy atom. The second-order valence-electron chi connectivity index (χ2n) is 9.08. The summed E-state index contributed by atoms with van der Waals surface area (Å²) in [4.78, 5) is 0. The van der Waals surface area contributed by atoms with Gasteiger partial charge in [-0.05, 0) is 79.5 Å². The van der Waals surface area contributed by atoms with E-state index in [1.165, 1.54) is 18.4 Å². The van der Waals surface area contributed by atoms with Gasteiger partial charge in [-0.25, -0.2) is 4.68 Å². The van der Waals surface area contributed by atoms with Gasteiger partial charge in [-0.1, -0.05) is 6.92 Å². The molecule has 0 aliphatic heterocycles. The summed E-state index contributed by atoms with van der Waals surface area (Å²) in [6.07, 6.45) is 9.49. The van der Waals surface area contributed by atoms with Crippen molar-refractivity contribution in [1.82, 2.24) is 14.9 Å². The molecular weight excluding hydrogens is 418 g/mol. The molecule has 31 heavy (non-hydrogen) atoms. The number of methoxy groups -OCH3 is 1. The molecule has 2 N–H and O–H groups in total. The van der Waals surface area contributed by atoms with Gasteiger partial charge in [0.25, 0.3) is 0 Å². The van der Waals surface area contributed by atoms with E-state index in [1.807, 2.05) is 6.07 Å². The number of hydrogen-bond acceptors (Lipinski definition) is 7. The summed E-state index contributed by atoms with van der Waals surface area (Å²) < 4.78 is 35.0. The van der Waals surface area contributed by atoms with E-state index in [4.69, 9.17) is 19.2 Å².